The highest BCUT2D eigenvalue weighted by Gasteiger charge is 2.34. The van der Waals surface area contributed by atoms with Gasteiger partial charge in [0.1, 0.15) is 5.15 Å². The average molecular weight is 285 g/mol. The molecule has 2 rings (SSSR count). The van der Waals surface area contributed by atoms with Gasteiger partial charge in [0.2, 0.25) is 0 Å². The fourth-order valence-electron chi connectivity index (χ4n) is 2.68. The summed E-state index contributed by atoms with van der Waals surface area (Å²) in [6.45, 7) is 11.8. The highest BCUT2D eigenvalue weighted by Crippen LogP contribution is 2.26. The monoisotopic (exact) mass is 284 g/mol. The molecule has 1 aromatic heterocycles. The zero-order chi connectivity index (χ0) is 14.2. The fourth-order valence-corrected chi connectivity index (χ4v) is 2.91. The average Bonchev–Trinajstić information content (AvgIpc) is 2.58. The Kier molecular flexibility index (Phi) is 4.23. The molecule has 1 aliphatic rings. The molecular weight excluding hydrogens is 260 g/mol. The van der Waals surface area contributed by atoms with Crippen LogP contribution in [0.2, 0.25) is 5.15 Å². The molecule has 0 amide bonds. The van der Waals surface area contributed by atoms with Crippen molar-refractivity contribution in [2.45, 2.75) is 52.2 Å². The van der Waals surface area contributed by atoms with Gasteiger partial charge in [0, 0.05) is 43.8 Å². The van der Waals surface area contributed by atoms with E-state index in [9.17, 15) is 0 Å². The van der Waals surface area contributed by atoms with Crippen LogP contribution < -0.4 is 5.32 Å². The zero-order valence-corrected chi connectivity index (χ0v) is 13.4. The molecule has 0 spiro atoms. The molecule has 1 fully saturated rings. The van der Waals surface area contributed by atoms with Crippen molar-refractivity contribution >= 4 is 11.6 Å². The molecule has 0 radical (unpaired) electrons. The van der Waals surface area contributed by atoms with Gasteiger partial charge < -0.3 is 5.32 Å². The second-order valence-electron chi connectivity index (χ2n) is 6.16. The maximum Gasteiger partial charge on any atom is 0.131 e. The van der Waals surface area contributed by atoms with Gasteiger partial charge in [-0.2, -0.15) is 5.10 Å². The Morgan fingerprint density at radius 3 is 2.68 bits per heavy atom. The van der Waals surface area contributed by atoms with Gasteiger partial charge in [0.15, 0.2) is 0 Å². The second kappa shape index (κ2) is 5.43. The van der Waals surface area contributed by atoms with Crippen molar-refractivity contribution in [3.8, 4) is 0 Å². The first kappa shape index (κ1) is 14.8. The summed E-state index contributed by atoms with van der Waals surface area (Å²) >= 11 is 6.35. The van der Waals surface area contributed by atoms with Crippen molar-refractivity contribution in [2.24, 2.45) is 7.05 Å². The lowest BCUT2D eigenvalue weighted by molar-refractivity contribution is 0.0575. The van der Waals surface area contributed by atoms with Crippen LogP contribution in [-0.4, -0.2) is 39.4 Å². The van der Waals surface area contributed by atoms with E-state index in [1.165, 1.54) is 0 Å². The predicted octanol–water partition coefficient (Wildman–Crippen LogP) is 2.34. The molecule has 2 heterocycles. The molecule has 4 nitrogen and oxygen atoms in total. The van der Waals surface area contributed by atoms with Crippen LogP contribution in [0.15, 0.2) is 0 Å². The van der Waals surface area contributed by atoms with Crippen molar-refractivity contribution in [3.63, 3.8) is 0 Å². The lowest BCUT2D eigenvalue weighted by atomic mass is 9.96. The Labute approximate surface area is 121 Å². The molecule has 0 aromatic carbocycles. The lowest BCUT2D eigenvalue weighted by Crippen LogP contribution is -2.61. The minimum Gasteiger partial charge on any atom is -0.311 e. The summed E-state index contributed by atoms with van der Waals surface area (Å²) in [5.74, 6) is 0. The van der Waals surface area contributed by atoms with Crippen LogP contribution >= 0.6 is 11.6 Å². The molecule has 1 aromatic rings. The van der Waals surface area contributed by atoms with Crippen molar-refractivity contribution < 1.29 is 0 Å². The van der Waals surface area contributed by atoms with Gasteiger partial charge in [0.05, 0.1) is 5.69 Å². The summed E-state index contributed by atoms with van der Waals surface area (Å²) in [5.41, 5.74) is 2.35. The van der Waals surface area contributed by atoms with E-state index < -0.39 is 0 Å². The summed E-state index contributed by atoms with van der Waals surface area (Å²) in [6, 6.07) is 0.573. The molecule has 1 saturated heterocycles. The Balaban J connectivity index is 2.19. The van der Waals surface area contributed by atoms with Gasteiger partial charge >= 0.3 is 0 Å². The number of hydrogen-bond donors (Lipinski definition) is 1. The predicted molar refractivity (Wildman–Crippen MR) is 79.5 cm³/mol. The van der Waals surface area contributed by atoms with E-state index in [0.29, 0.717) is 6.04 Å². The Morgan fingerprint density at radius 1 is 1.47 bits per heavy atom. The maximum absolute atomic E-state index is 6.35. The number of halogens is 1. The first-order chi connectivity index (χ1) is 8.85. The third kappa shape index (κ3) is 2.96. The number of piperazine rings is 1. The van der Waals surface area contributed by atoms with E-state index >= 15 is 0 Å². The van der Waals surface area contributed by atoms with E-state index in [2.05, 4.69) is 36.1 Å². The van der Waals surface area contributed by atoms with Crippen LogP contribution in [0.4, 0.5) is 0 Å². The number of aryl methyl sites for hydroxylation is 2. The van der Waals surface area contributed by atoms with E-state index in [-0.39, 0.29) is 5.54 Å². The van der Waals surface area contributed by atoms with Crippen LogP contribution in [0.1, 0.15) is 38.4 Å². The van der Waals surface area contributed by atoms with E-state index in [1.54, 1.807) is 4.68 Å². The number of nitrogens with one attached hydrogen (secondary N) is 1. The minimum atomic E-state index is 0.150. The fraction of sp³-hybridized carbons (Fsp3) is 0.786. The quantitative estimate of drug-likeness (QED) is 0.925. The Bertz CT molecular complexity index is 453. The summed E-state index contributed by atoms with van der Waals surface area (Å²) in [4.78, 5) is 2.52. The summed E-state index contributed by atoms with van der Waals surface area (Å²) in [7, 11) is 1.90. The summed E-state index contributed by atoms with van der Waals surface area (Å²) in [5, 5.41) is 8.78. The molecule has 0 aliphatic carbocycles. The van der Waals surface area contributed by atoms with Gasteiger partial charge in [-0.3, -0.25) is 9.58 Å². The van der Waals surface area contributed by atoms with Crippen LogP contribution in [0.25, 0.3) is 0 Å². The first-order valence-corrected chi connectivity index (χ1v) is 7.39. The molecule has 1 atom stereocenters. The molecule has 1 N–H and O–H groups in total. The van der Waals surface area contributed by atoms with E-state index in [1.807, 2.05) is 14.0 Å². The van der Waals surface area contributed by atoms with Gasteiger partial charge in [-0.15, -0.1) is 0 Å². The molecular formula is C14H25ClN4. The standard InChI is InChI=1S/C14H25ClN4/c1-6-11-7-19(14(3,4)9-16-11)8-12-10(2)17-18(5)13(12)15/h11,16H,6-9H2,1-5H3. The van der Waals surface area contributed by atoms with Gasteiger partial charge in [0.25, 0.3) is 0 Å². The van der Waals surface area contributed by atoms with Crippen LogP contribution in [-0.2, 0) is 13.6 Å². The minimum absolute atomic E-state index is 0.150. The lowest BCUT2D eigenvalue weighted by Gasteiger charge is -2.46. The zero-order valence-electron chi connectivity index (χ0n) is 12.6. The van der Waals surface area contributed by atoms with Gasteiger partial charge in [-0.1, -0.05) is 18.5 Å². The molecule has 1 unspecified atom stereocenters. The van der Waals surface area contributed by atoms with Gasteiger partial charge in [-0.05, 0) is 27.2 Å². The number of hydrogen-bond acceptors (Lipinski definition) is 3. The first-order valence-electron chi connectivity index (χ1n) is 7.01. The third-order valence-electron chi connectivity index (χ3n) is 4.23. The highest BCUT2D eigenvalue weighted by atomic mass is 35.5. The van der Waals surface area contributed by atoms with Gasteiger partial charge in [-0.25, -0.2) is 0 Å². The number of rotatable bonds is 3. The number of nitrogens with zero attached hydrogens (tertiary/aromatic N) is 3. The SMILES string of the molecule is CCC1CN(Cc2c(C)nn(C)c2Cl)C(C)(C)CN1. The van der Waals surface area contributed by atoms with Crippen molar-refractivity contribution in [3.05, 3.63) is 16.4 Å². The molecule has 0 saturated carbocycles. The topological polar surface area (TPSA) is 33.1 Å². The van der Waals surface area contributed by atoms with Crippen LogP contribution in [0, 0.1) is 6.92 Å². The van der Waals surface area contributed by atoms with Crippen molar-refractivity contribution in [1.82, 2.24) is 20.0 Å². The smallest absolute Gasteiger partial charge is 0.131 e. The van der Waals surface area contributed by atoms with Crippen molar-refractivity contribution in [2.75, 3.05) is 13.1 Å². The summed E-state index contributed by atoms with van der Waals surface area (Å²) in [6.07, 6.45) is 1.16. The second-order valence-corrected chi connectivity index (χ2v) is 6.52. The molecule has 0 bridgehead atoms. The third-order valence-corrected chi connectivity index (χ3v) is 4.70. The Hall–Kier alpha value is -0.580. The van der Waals surface area contributed by atoms with Crippen molar-refractivity contribution in [1.29, 1.82) is 0 Å². The Morgan fingerprint density at radius 2 is 2.16 bits per heavy atom. The van der Waals surface area contributed by atoms with E-state index in [0.717, 1.165) is 42.5 Å². The van der Waals surface area contributed by atoms with E-state index in [4.69, 9.17) is 11.6 Å². The number of aromatic nitrogens is 2. The largest absolute Gasteiger partial charge is 0.311 e. The molecule has 1 aliphatic heterocycles. The molecule has 19 heavy (non-hydrogen) atoms. The van der Waals surface area contributed by atoms with Crippen LogP contribution in [0.5, 0.6) is 0 Å². The normalized spacial score (nSPS) is 23.8. The highest BCUT2D eigenvalue weighted by molar-refractivity contribution is 6.30. The molecule has 5 heteroatoms. The maximum atomic E-state index is 6.35. The van der Waals surface area contributed by atoms with Crippen LogP contribution in [0.3, 0.4) is 0 Å². The molecule has 108 valence electrons. The summed E-state index contributed by atoms with van der Waals surface area (Å²) < 4.78 is 1.76.